The molecule has 6 nitrogen and oxygen atoms in total. The highest BCUT2D eigenvalue weighted by molar-refractivity contribution is 8.00. The first-order valence-corrected chi connectivity index (χ1v) is 7.84. The van der Waals surface area contributed by atoms with Crippen LogP contribution in [0.3, 0.4) is 0 Å². The van der Waals surface area contributed by atoms with E-state index in [0.717, 1.165) is 4.90 Å². The van der Waals surface area contributed by atoms with Gasteiger partial charge < -0.3 is 10.1 Å². The fraction of sp³-hybridized carbons (Fsp3) is 0.188. The number of thioether (sulfide) groups is 1. The lowest BCUT2D eigenvalue weighted by atomic mass is 10.2. The first-order valence-electron chi connectivity index (χ1n) is 6.96. The van der Waals surface area contributed by atoms with Crippen molar-refractivity contribution in [2.75, 3.05) is 12.4 Å². The number of methoxy groups -OCH3 is 1. The molecule has 1 amide bonds. The summed E-state index contributed by atoms with van der Waals surface area (Å²) in [5.41, 5.74) is 0.221. The third kappa shape index (κ3) is 4.45. The molecule has 0 spiro atoms. The number of nitrogens with one attached hydrogen (secondary N) is 1. The minimum absolute atomic E-state index is 0.126. The smallest absolute Gasteiger partial charge is 0.273 e. The lowest BCUT2D eigenvalue weighted by molar-refractivity contribution is -0.384. The average Bonchev–Trinajstić information content (AvgIpc) is 2.56. The van der Waals surface area contributed by atoms with Crippen molar-refractivity contribution < 1.29 is 18.8 Å². The number of nitro groups is 1. The topological polar surface area (TPSA) is 81.5 Å². The molecule has 2 aromatic rings. The third-order valence-electron chi connectivity index (χ3n) is 3.15. The van der Waals surface area contributed by atoms with E-state index in [9.17, 15) is 19.3 Å². The largest absolute Gasteiger partial charge is 0.494 e. The molecule has 0 aliphatic heterocycles. The lowest BCUT2D eigenvalue weighted by Crippen LogP contribution is -2.22. The highest BCUT2D eigenvalue weighted by Gasteiger charge is 2.18. The molecular weight excluding hydrogens is 335 g/mol. The SMILES string of the molecule is COc1cc([N+](=O)[O-])ccc1NC(=O)[C@@H](C)Sc1ccc(F)cc1. The number of carbonyl (C=O) groups is 1. The maximum atomic E-state index is 12.9. The van der Waals surface area contributed by atoms with Gasteiger partial charge in [0.2, 0.25) is 5.91 Å². The number of carbonyl (C=O) groups excluding carboxylic acids is 1. The van der Waals surface area contributed by atoms with E-state index in [1.54, 1.807) is 19.1 Å². The van der Waals surface area contributed by atoms with Crippen LogP contribution in [0, 0.1) is 15.9 Å². The molecule has 24 heavy (non-hydrogen) atoms. The number of nitro benzene ring substituents is 1. The van der Waals surface area contributed by atoms with Crippen molar-refractivity contribution in [3.63, 3.8) is 0 Å². The Morgan fingerprint density at radius 3 is 2.54 bits per heavy atom. The van der Waals surface area contributed by atoms with Crippen LogP contribution in [0.25, 0.3) is 0 Å². The van der Waals surface area contributed by atoms with Gasteiger partial charge in [0.1, 0.15) is 11.6 Å². The molecule has 1 N–H and O–H groups in total. The molecule has 0 bridgehead atoms. The third-order valence-corrected chi connectivity index (χ3v) is 4.26. The molecule has 0 saturated carbocycles. The maximum absolute atomic E-state index is 12.9. The minimum atomic E-state index is -0.541. The van der Waals surface area contributed by atoms with E-state index in [0.29, 0.717) is 5.69 Å². The van der Waals surface area contributed by atoms with Gasteiger partial charge in [0, 0.05) is 11.0 Å². The predicted octanol–water partition coefficient (Wildman–Crippen LogP) is 3.86. The summed E-state index contributed by atoms with van der Waals surface area (Å²) in [4.78, 5) is 23.3. The fourth-order valence-electron chi connectivity index (χ4n) is 1.90. The summed E-state index contributed by atoms with van der Waals surface area (Å²) in [5, 5.41) is 13.0. The van der Waals surface area contributed by atoms with Crippen LogP contribution in [-0.4, -0.2) is 23.2 Å². The molecule has 0 aliphatic rings. The molecule has 2 rings (SSSR count). The minimum Gasteiger partial charge on any atom is -0.494 e. The Morgan fingerprint density at radius 2 is 1.96 bits per heavy atom. The first kappa shape index (κ1) is 17.7. The lowest BCUT2D eigenvalue weighted by Gasteiger charge is -2.14. The van der Waals surface area contributed by atoms with Crippen LogP contribution in [0.2, 0.25) is 0 Å². The molecule has 0 fully saturated rings. The molecule has 0 saturated heterocycles. The van der Waals surface area contributed by atoms with Crippen LogP contribution in [-0.2, 0) is 4.79 Å². The van der Waals surface area contributed by atoms with Crippen molar-refractivity contribution in [1.82, 2.24) is 0 Å². The number of hydrogen-bond donors (Lipinski definition) is 1. The first-order chi connectivity index (χ1) is 11.4. The van der Waals surface area contributed by atoms with Gasteiger partial charge in [-0.3, -0.25) is 14.9 Å². The van der Waals surface area contributed by atoms with Gasteiger partial charge in [0.25, 0.3) is 5.69 Å². The van der Waals surface area contributed by atoms with E-state index < -0.39 is 10.2 Å². The molecule has 0 unspecified atom stereocenters. The predicted molar refractivity (Wildman–Crippen MR) is 90.0 cm³/mol. The standard InChI is InChI=1S/C16H15FN2O4S/c1-10(24-13-6-3-11(17)4-7-13)16(20)18-14-8-5-12(19(21)22)9-15(14)23-2/h3-10H,1-2H3,(H,18,20)/t10-/m1/s1. The summed E-state index contributed by atoms with van der Waals surface area (Å²) in [6.45, 7) is 1.71. The van der Waals surface area contributed by atoms with E-state index in [1.807, 2.05) is 0 Å². The van der Waals surface area contributed by atoms with Gasteiger partial charge in [-0.25, -0.2) is 4.39 Å². The second-order valence-electron chi connectivity index (χ2n) is 4.84. The van der Waals surface area contributed by atoms with E-state index in [2.05, 4.69) is 5.32 Å². The van der Waals surface area contributed by atoms with Crippen LogP contribution >= 0.6 is 11.8 Å². The van der Waals surface area contributed by atoms with Gasteiger partial charge in [0.15, 0.2) is 0 Å². The van der Waals surface area contributed by atoms with E-state index >= 15 is 0 Å². The quantitative estimate of drug-likeness (QED) is 0.486. The van der Waals surface area contributed by atoms with E-state index in [1.165, 1.54) is 49.2 Å². The molecular formula is C16H15FN2O4S. The summed E-state index contributed by atoms with van der Waals surface area (Å²) in [5.74, 6) is -0.430. The number of benzene rings is 2. The van der Waals surface area contributed by atoms with Crippen molar-refractivity contribution >= 4 is 29.0 Å². The molecule has 1 atom stereocenters. The normalized spacial score (nSPS) is 11.6. The van der Waals surface area contributed by atoms with Gasteiger partial charge in [-0.2, -0.15) is 0 Å². The Bertz CT molecular complexity index is 752. The van der Waals surface area contributed by atoms with Crippen LogP contribution in [0.4, 0.5) is 15.8 Å². The zero-order valence-electron chi connectivity index (χ0n) is 13.0. The summed E-state index contributed by atoms with van der Waals surface area (Å²) in [6, 6.07) is 9.79. The Hall–Kier alpha value is -2.61. The van der Waals surface area contributed by atoms with Crippen LogP contribution in [0.15, 0.2) is 47.4 Å². The van der Waals surface area contributed by atoms with Gasteiger partial charge in [0.05, 0.1) is 29.0 Å². The van der Waals surface area contributed by atoms with Gasteiger partial charge in [-0.1, -0.05) is 0 Å². The second-order valence-corrected chi connectivity index (χ2v) is 6.26. The number of nitrogens with zero attached hydrogens (tertiary/aromatic N) is 1. The van der Waals surface area contributed by atoms with E-state index in [4.69, 9.17) is 4.74 Å². The summed E-state index contributed by atoms with van der Waals surface area (Å²) in [7, 11) is 1.37. The number of halogens is 1. The number of rotatable bonds is 6. The van der Waals surface area contributed by atoms with Crippen molar-refractivity contribution in [2.45, 2.75) is 17.1 Å². The van der Waals surface area contributed by atoms with Crippen molar-refractivity contribution in [1.29, 1.82) is 0 Å². The molecule has 0 radical (unpaired) electrons. The van der Waals surface area contributed by atoms with Gasteiger partial charge in [-0.05, 0) is 37.3 Å². The maximum Gasteiger partial charge on any atom is 0.273 e. The summed E-state index contributed by atoms with van der Waals surface area (Å²) in [6.07, 6.45) is 0. The Labute approximate surface area is 142 Å². The zero-order valence-corrected chi connectivity index (χ0v) is 13.8. The average molecular weight is 350 g/mol. The van der Waals surface area contributed by atoms with Crippen molar-refractivity contribution in [3.05, 3.63) is 58.4 Å². The van der Waals surface area contributed by atoms with Crippen LogP contribution in [0.5, 0.6) is 5.75 Å². The van der Waals surface area contributed by atoms with E-state index in [-0.39, 0.29) is 23.2 Å². The Morgan fingerprint density at radius 1 is 1.29 bits per heavy atom. The number of non-ortho nitro benzene ring substituents is 1. The Kier molecular flexibility index (Phi) is 5.75. The van der Waals surface area contributed by atoms with Gasteiger partial charge >= 0.3 is 0 Å². The summed E-state index contributed by atoms with van der Waals surface area (Å²) < 4.78 is 18.0. The molecule has 126 valence electrons. The highest BCUT2D eigenvalue weighted by Crippen LogP contribution is 2.30. The molecule has 0 heterocycles. The van der Waals surface area contributed by atoms with Crippen LogP contribution in [0.1, 0.15) is 6.92 Å². The number of ether oxygens (including phenoxy) is 1. The number of amides is 1. The number of anilines is 1. The molecule has 0 aliphatic carbocycles. The summed E-state index contributed by atoms with van der Waals surface area (Å²) >= 11 is 1.27. The van der Waals surface area contributed by atoms with Crippen molar-refractivity contribution in [3.8, 4) is 5.75 Å². The number of hydrogen-bond acceptors (Lipinski definition) is 5. The van der Waals surface area contributed by atoms with Crippen molar-refractivity contribution in [2.24, 2.45) is 0 Å². The highest BCUT2D eigenvalue weighted by atomic mass is 32.2. The molecule has 2 aromatic carbocycles. The molecule has 0 aromatic heterocycles. The monoisotopic (exact) mass is 350 g/mol. The fourth-order valence-corrected chi connectivity index (χ4v) is 2.77. The zero-order chi connectivity index (χ0) is 17.7. The van der Waals surface area contributed by atoms with Crippen LogP contribution < -0.4 is 10.1 Å². The second kappa shape index (κ2) is 7.78. The Balaban J connectivity index is 2.08. The molecule has 8 heteroatoms. The van der Waals surface area contributed by atoms with Gasteiger partial charge in [-0.15, -0.1) is 11.8 Å².